The number of carbonyl (C=O) groups excluding carboxylic acids is 1. The van der Waals surface area contributed by atoms with E-state index in [1.54, 1.807) is 0 Å². The molecule has 0 amide bonds. The van der Waals surface area contributed by atoms with Gasteiger partial charge < -0.3 is 19.0 Å². The van der Waals surface area contributed by atoms with Crippen LogP contribution >= 0.6 is 11.8 Å². The predicted molar refractivity (Wildman–Crippen MR) is 155 cm³/mol. The molecular weight excluding hydrogens is 500 g/mol. The standard InChI is InChI=1S/C30H44O5SSi/c1-22(2)19-20-25(35-37(7,8)30(3,4)5)27(34-21-23-15-11-9-12-16-23)26(31)28(33-6)29(32)36-24-17-13-10-14-18-24/h9-20,22,25-28,31H,21H2,1-8H3/b20-19+/t25-,26-,27+,28-/m1/s1. The van der Waals surface area contributed by atoms with Gasteiger partial charge in [0.2, 0.25) is 5.12 Å². The Bertz CT molecular complexity index is 972. The molecule has 0 aliphatic carbocycles. The Hall–Kier alpha value is -1.74. The third kappa shape index (κ3) is 9.82. The summed E-state index contributed by atoms with van der Waals surface area (Å²) in [6, 6.07) is 19.2. The van der Waals surface area contributed by atoms with E-state index in [-0.39, 0.29) is 22.7 Å². The maximum Gasteiger partial charge on any atom is 0.225 e. The first kappa shape index (κ1) is 31.5. The van der Waals surface area contributed by atoms with Crippen LogP contribution in [0.3, 0.4) is 0 Å². The van der Waals surface area contributed by atoms with Crippen LogP contribution < -0.4 is 0 Å². The summed E-state index contributed by atoms with van der Waals surface area (Å²) in [7, 11) is -0.820. The highest BCUT2D eigenvalue weighted by Crippen LogP contribution is 2.38. The van der Waals surface area contributed by atoms with Gasteiger partial charge in [0, 0.05) is 12.0 Å². The van der Waals surface area contributed by atoms with Crippen LogP contribution in [0.25, 0.3) is 0 Å². The highest BCUT2D eigenvalue weighted by Gasteiger charge is 2.44. The van der Waals surface area contributed by atoms with Crippen molar-refractivity contribution in [1.82, 2.24) is 0 Å². The topological polar surface area (TPSA) is 65.0 Å². The Balaban J connectivity index is 2.43. The summed E-state index contributed by atoms with van der Waals surface area (Å²) in [5, 5.41) is 11.3. The number of hydrogen-bond donors (Lipinski definition) is 1. The van der Waals surface area contributed by atoms with Crippen molar-refractivity contribution in [3.05, 3.63) is 78.4 Å². The van der Waals surface area contributed by atoms with Gasteiger partial charge in [-0.2, -0.15) is 0 Å². The lowest BCUT2D eigenvalue weighted by Gasteiger charge is -2.42. The molecule has 2 rings (SSSR count). The summed E-state index contributed by atoms with van der Waals surface area (Å²) in [4.78, 5) is 14.1. The van der Waals surface area contributed by atoms with Crippen molar-refractivity contribution in [2.24, 2.45) is 5.92 Å². The molecule has 2 aromatic rings. The fourth-order valence-electron chi connectivity index (χ4n) is 3.43. The molecule has 0 saturated heterocycles. The molecule has 37 heavy (non-hydrogen) atoms. The first-order valence-electron chi connectivity index (χ1n) is 12.8. The molecule has 0 saturated carbocycles. The first-order chi connectivity index (χ1) is 17.4. The molecule has 0 radical (unpaired) electrons. The molecule has 4 atom stereocenters. The molecule has 2 aromatic carbocycles. The average molecular weight is 545 g/mol. The molecule has 0 spiro atoms. The lowest BCUT2D eigenvalue weighted by molar-refractivity contribution is -0.148. The quantitative estimate of drug-likeness (QED) is 0.169. The maximum atomic E-state index is 13.3. The molecule has 1 N–H and O–H groups in total. The van der Waals surface area contributed by atoms with Crippen molar-refractivity contribution < 1.29 is 23.8 Å². The number of methoxy groups -OCH3 is 1. The number of ether oxygens (including phenoxy) is 2. The molecule has 0 bridgehead atoms. The van der Waals surface area contributed by atoms with Crippen LogP contribution in [-0.4, -0.2) is 50.1 Å². The highest BCUT2D eigenvalue weighted by atomic mass is 32.2. The van der Waals surface area contributed by atoms with Gasteiger partial charge in [-0.05, 0) is 53.5 Å². The Labute approximate surface area is 228 Å². The van der Waals surface area contributed by atoms with Crippen LogP contribution in [0.1, 0.15) is 40.2 Å². The van der Waals surface area contributed by atoms with Crippen LogP contribution in [-0.2, 0) is 25.3 Å². The van der Waals surface area contributed by atoms with Crippen molar-refractivity contribution in [1.29, 1.82) is 0 Å². The number of thioether (sulfide) groups is 1. The minimum atomic E-state index is -2.26. The van der Waals surface area contributed by atoms with Gasteiger partial charge in [-0.3, -0.25) is 4.79 Å². The van der Waals surface area contributed by atoms with Crippen LogP contribution in [0.2, 0.25) is 18.1 Å². The monoisotopic (exact) mass is 544 g/mol. The fourth-order valence-corrected chi connectivity index (χ4v) is 5.55. The van der Waals surface area contributed by atoms with Crippen molar-refractivity contribution >= 4 is 25.2 Å². The molecule has 0 aliphatic rings. The summed E-state index contributed by atoms with van der Waals surface area (Å²) in [5.74, 6) is 0.283. The first-order valence-corrected chi connectivity index (χ1v) is 16.6. The molecule has 0 aliphatic heterocycles. The second-order valence-electron chi connectivity index (χ2n) is 11.1. The molecular formula is C30H44O5SSi. The number of rotatable bonds is 13. The van der Waals surface area contributed by atoms with Gasteiger partial charge in [0.15, 0.2) is 14.4 Å². The number of carbonyl (C=O) groups is 1. The number of aliphatic hydroxyl groups is 1. The molecule has 0 heterocycles. The lowest BCUT2D eigenvalue weighted by Crippen LogP contribution is -2.53. The number of hydrogen-bond acceptors (Lipinski definition) is 6. The van der Waals surface area contributed by atoms with E-state index in [1.165, 1.54) is 7.11 Å². The molecule has 0 aromatic heterocycles. The minimum absolute atomic E-state index is 0.0501. The van der Waals surface area contributed by atoms with Gasteiger partial charge >= 0.3 is 0 Å². The van der Waals surface area contributed by atoms with E-state index < -0.39 is 32.7 Å². The van der Waals surface area contributed by atoms with Gasteiger partial charge in [0.25, 0.3) is 0 Å². The molecule has 0 fully saturated rings. The van der Waals surface area contributed by atoms with E-state index >= 15 is 0 Å². The second-order valence-corrected chi connectivity index (χ2v) is 16.9. The van der Waals surface area contributed by atoms with E-state index in [1.807, 2.05) is 66.7 Å². The Kier molecular flexibility index (Phi) is 12.3. The predicted octanol–water partition coefficient (Wildman–Crippen LogP) is 6.87. The molecule has 0 unspecified atom stereocenters. The number of benzene rings is 2. The Morgan fingerprint density at radius 2 is 1.57 bits per heavy atom. The van der Waals surface area contributed by atoms with Crippen LogP contribution in [0, 0.1) is 5.92 Å². The van der Waals surface area contributed by atoms with E-state index in [2.05, 4.69) is 53.8 Å². The van der Waals surface area contributed by atoms with Gasteiger partial charge in [-0.15, -0.1) is 0 Å². The normalized spacial score (nSPS) is 16.1. The largest absolute Gasteiger partial charge is 0.408 e. The summed E-state index contributed by atoms with van der Waals surface area (Å²) in [5.41, 5.74) is 0.970. The van der Waals surface area contributed by atoms with E-state index in [4.69, 9.17) is 13.9 Å². The van der Waals surface area contributed by atoms with Gasteiger partial charge in [-0.25, -0.2) is 0 Å². The van der Waals surface area contributed by atoms with Crippen LogP contribution in [0.5, 0.6) is 0 Å². The molecule has 204 valence electrons. The summed E-state index contributed by atoms with van der Waals surface area (Å²) < 4.78 is 18.8. The Morgan fingerprint density at radius 1 is 1.00 bits per heavy atom. The van der Waals surface area contributed by atoms with Crippen LogP contribution in [0.4, 0.5) is 0 Å². The summed E-state index contributed by atoms with van der Waals surface area (Å²) in [6.45, 7) is 15.3. The smallest absolute Gasteiger partial charge is 0.225 e. The van der Waals surface area contributed by atoms with E-state index in [0.29, 0.717) is 0 Å². The van der Waals surface area contributed by atoms with Gasteiger partial charge in [-0.1, -0.05) is 95.3 Å². The maximum absolute atomic E-state index is 13.3. The van der Waals surface area contributed by atoms with Crippen molar-refractivity contribution in [2.45, 2.75) is 88.7 Å². The number of allylic oxidation sites excluding steroid dienone is 1. The van der Waals surface area contributed by atoms with Crippen molar-refractivity contribution in [2.75, 3.05) is 7.11 Å². The van der Waals surface area contributed by atoms with Crippen molar-refractivity contribution in [3.8, 4) is 0 Å². The average Bonchev–Trinajstić information content (AvgIpc) is 2.83. The minimum Gasteiger partial charge on any atom is -0.408 e. The molecule has 7 heteroatoms. The van der Waals surface area contributed by atoms with E-state index in [9.17, 15) is 9.90 Å². The number of aliphatic hydroxyl groups excluding tert-OH is 1. The third-order valence-electron chi connectivity index (χ3n) is 6.63. The van der Waals surface area contributed by atoms with Gasteiger partial charge in [0.05, 0.1) is 12.7 Å². The van der Waals surface area contributed by atoms with E-state index in [0.717, 1.165) is 22.2 Å². The summed E-state index contributed by atoms with van der Waals surface area (Å²) in [6.07, 6.45) is 0.314. The third-order valence-corrected chi connectivity index (χ3v) is 12.0. The SMILES string of the molecule is CO[C@@H](C(=O)Sc1ccccc1)[C@H](O)[C@@H](OCc1ccccc1)[C@@H](/C=C/C(C)C)O[Si](C)(C)C(C)(C)C. The zero-order chi connectivity index (χ0) is 27.6. The van der Waals surface area contributed by atoms with Crippen LogP contribution in [0.15, 0.2) is 77.7 Å². The fraction of sp³-hybridized carbons (Fsp3) is 0.500. The lowest BCUT2D eigenvalue weighted by atomic mass is 10.0. The second kappa shape index (κ2) is 14.4. The molecule has 5 nitrogen and oxygen atoms in total. The summed E-state index contributed by atoms with van der Waals surface area (Å²) >= 11 is 1.05. The zero-order valence-corrected chi connectivity index (χ0v) is 25.3. The highest BCUT2D eigenvalue weighted by molar-refractivity contribution is 8.13. The van der Waals surface area contributed by atoms with Gasteiger partial charge in [0.1, 0.15) is 12.2 Å². The zero-order valence-electron chi connectivity index (χ0n) is 23.5. The Morgan fingerprint density at radius 3 is 2.08 bits per heavy atom. The van der Waals surface area contributed by atoms with Crippen molar-refractivity contribution in [3.63, 3.8) is 0 Å².